The highest BCUT2D eigenvalue weighted by Gasteiger charge is 2.16. The number of nitrogens with one attached hydrogen (secondary N) is 1. The Morgan fingerprint density at radius 1 is 1.10 bits per heavy atom. The van der Waals surface area contributed by atoms with Gasteiger partial charge in [-0.15, -0.1) is 11.3 Å². The van der Waals surface area contributed by atoms with Crippen LogP contribution in [0.25, 0.3) is 0 Å². The molecule has 1 heterocycles. The Kier molecular flexibility index (Phi) is 5.93. The molecule has 6 heteroatoms. The summed E-state index contributed by atoms with van der Waals surface area (Å²) in [7, 11) is -3.40. The molecule has 1 unspecified atom stereocenters. The van der Waals surface area contributed by atoms with Crippen LogP contribution in [0.15, 0.2) is 52.1 Å². The Balaban J connectivity index is 1.94. The quantitative estimate of drug-likeness (QED) is 0.784. The Bertz CT molecular complexity index is 624. The summed E-state index contributed by atoms with van der Waals surface area (Å²) in [5.74, 6) is 0.155. The van der Waals surface area contributed by atoms with E-state index in [2.05, 4.69) is 4.72 Å². The molecule has 0 saturated carbocycles. The normalized spacial score (nSPS) is 13.2. The van der Waals surface area contributed by atoms with Crippen molar-refractivity contribution in [2.24, 2.45) is 0 Å². The van der Waals surface area contributed by atoms with Crippen molar-refractivity contribution in [2.45, 2.75) is 23.0 Å². The zero-order valence-corrected chi connectivity index (χ0v) is 13.2. The Labute approximate surface area is 129 Å². The summed E-state index contributed by atoms with van der Waals surface area (Å²) in [6.45, 7) is 0.455. The van der Waals surface area contributed by atoms with Gasteiger partial charge >= 0.3 is 0 Å². The van der Waals surface area contributed by atoms with E-state index in [1.54, 1.807) is 17.5 Å². The minimum Gasteiger partial charge on any atom is -0.396 e. The van der Waals surface area contributed by atoms with Crippen LogP contribution in [0.2, 0.25) is 0 Å². The van der Waals surface area contributed by atoms with E-state index in [1.807, 2.05) is 30.3 Å². The fraction of sp³-hybridized carbons (Fsp3) is 0.333. The minimum atomic E-state index is -3.40. The first-order valence-corrected chi connectivity index (χ1v) is 9.19. The fourth-order valence-corrected chi connectivity index (χ4v) is 4.30. The number of hydrogen-bond acceptors (Lipinski definition) is 4. The Hall–Kier alpha value is -1.21. The molecule has 2 N–H and O–H groups in total. The van der Waals surface area contributed by atoms with Gasteiger partial charge in [-0.2, -0.15) is 0 Å². The van der Waals surface area contributed by atoms with Crippen LogP contribution in [-0.4, -0.2) is 26.7 Å². The van der Waals surface area contributed by atoms with Crippen molar-refractivity contribution in [3.8, 4) is 0 Å². The number of rotatable bonds is 8. The zero-order valence-electron chi connectivity index (χ0n) is 11.6. The van der Waals surface area contributed by atoms with Crippen LogP contribution in [0.4, 0.5) is 0 Å². The molecular formula is C15H19NO3S2. The lowest BCUT2D eigenvalue weighted by Crippen LogP contribution is -2.25. The molecule has 0 amide bonds. The molecule has 1 atom stereocenters. The highest BCUT2D eigenvalue weighted by atomic mass is 32.2. The second kappa shape index (κ2) is 7.70. The minimum absolute atomic E-state index is 0.0945. The van der Waals surface area contributed by atoms with E-state index in [0.717, 1.165) is 5.56 Å². The van der Waals surface area contributed by atoms with Crippen LogP contribution < -0.4 is 4.72 Å². The summed E-state index contributed by atoms with van der Waals surface area (Å²) in [6.07, 6.45) is 1.29. The standard InChI is InChI=1S/C15H19NO3S2/c17-11-9-14(13-5-2-1-3-6-13)8-10-16-21(18,19)15-7-4-12-20-15/h1-7,12,14,16-17H,8-11H2. The maximum atomic E-state index is 12.0. The van der Waals surface area contributed by atoms with E-state index in [1.165, 1.54) is 11.3 Å². The van der Waals surface area contributed by atoms with Crippen molar-refractivity contribution in [2.75, 3.05) is 13.2 Å². The molecule has 21 heavy (non-hydrogen) atoms. The number of hydrogen-bond donors (Lipinski definition) is 2. The second-order valence-electron chi connectivity index (χ2n) is 4.74. The first-order chi connectivity index (χ1) is 10.1. The predicted molar refractivity (Wildman–Crippen MR) is 85.0 cm³/mol. The largest absolute Gasteiger partial charge is 0.396 e. The molecule has 0 aliphatic heterocycles. The number of aliphatic hydroxyl groups excluding tert-OH is 1. The molecule has 0 fully saturated rings. The monoisotopic (exact) mass is 325 g/mol. The molecule has 0 spiro atoms. The van der Waals surface area contributed by atoms with Gasteiger partial charge in [0.05, 0.1) is 0 Å². The molecule has 0 saturated heterocycles. The van der Waals surface area contributed by atoms with Gasteiger partial charge in [0.1, 0.15) is 4.21 Å². The molecule has 1 aromatic carbocycles. The molecule has 4 nitrogen and oxygen atoms in total. The summed E-state index contributed by atoms with van der Waals surface area (Å²) in [5.41, 5.74) is 1.13. The first kappa shape index (κ1) is 16.2. The smallest absolute Gasteiger partial charge is 0.250 e. The maximum absolute atomic E-state index is 12.0. The highest BCUT2D eigenvalue weighted by molar-refractivity contribution is 7.91. The zero-order chi connectivity index (χ0) is 15.1. The van der Waals surface area contributed by atoms with E-state index >= 15 is 0 Å². The molecule has 114 valence electrons. The van der Waals surface area contributed by atoms with Crippen LogP contribution in [0.3, 0.4) is 0 Å². The highest BCUT2D eigenvalue weighted by Crippen LogP contribution is 2.23. The van der Waals surface area contributed by atoms with Crippen molar-refractivity contribution >= 4 is 21.4 Å². The number of benzene rings is 1. The van der Waals surface area contributed by atoms with Gasteiger partial charge in [-0.25, -0.2) is 13.1 Å². The van der Waals surface area contributed by atoms with Crippen molar-refractivity contribution in [1.82, 2.24) is 4.72 Å². The maximum Gasteiger partial charge on any atom is 0.250 e. The van der Waals surface area contributed by atoms with E-state index in [4.69, 9.17) is 0 Å². The van der Waals surface area contributed by atoms with Gasteiger partial charge in [-0.05, 0) is 35.8 Å². The van der Waals surface area contributed by atoms with Gasteiger partial charge in [0, 0.05) is 13.2 Å². The molecule has 2 rings (SSSR count). The van der Waals surface area contributed by atoms with E-state index in [0.29, 0.717) is 23.6 Å². The average Bonchev–Trinajstić information content (AvgIpc) is 3.02. The summed E-state index contributed by atoms with van der Waals surface area (Å²) >= 11 is 1.20. The third-order valence-electron chi connectivity index (χ3n) is 3.29. The van der Waals surface area contributed by atoms with Crippen LogP contribution in [-0.2, 0) is 10.0 Å². The molecule has 2 aromatic rings. The van der Waals surface area contributed by atoms with Crippen molar-refractivity contribution in [3.63, 3.8) is 0 Å². The van der Waals surface area contributed by atoms with E-state index in [-0.39, 0.29) is 12.5 Å². The summed E-state index contributed by atoms with van der Waals surface area (Å²) < 4.78 is 27.0. The predicted octanol–water partition coefficient (Wildman–Crippen LogP) is 2.58. The van der Waals surface area contributed by atoms with Crippen molar-refractivity contribution in [1.29, 1.82) is 0 Å². The SMILES string of the molecule is O=S(=O)(NCCC(CCO)c1ccccc1)c1cccs1. The third-order valence-corrected chi connectivity index (χ3v) is 6.15. The molecule has 1 aromatic heterocycles. The number of thiophene rings is 1. The van der Waals surface area contributed by atoms with Gasteiger partial charge < -0.3 is 5.11 Å². The van der Waals surface area contributed by atoms with Crippen LogP contribution >= 0.6 is 11.3 Å². The van der Waals surface area contributed by atoms with Gasteiger partial charge in [0.2, 0.25) is 10.0 Å². The lowest BCUT2D eigenvalue weighted by atomic mass is 9.93. The Morgan fingerprint density at radius 3 is 2.48 bits per heavy atom. The van der Waals surface area contributed by atoms with Crippen molar-refractivity contribution < 1.29 is 13.5 Å². The summed E-state index contributed by atoms with van der Waals surface area (Å²) in [4.78, 5) is 0. The lowest BCUT2D eigenvalue weighted by molar-refractivity contribution is 0.273. The number of aliphatic hydroxyl groups is 1. The van der Waals surface area contributed by atoms with Crippen LogP contribution in [0.1, 0.15) is 24.3 Å². The summed E-state index contributed by atoms with van der Waals surface area (Å²) in [6, 6.07) is 13.2. The van der Waals surface area contributed by atoms with Crippen molar-refractivity contribution in [3.05, 3.63) is 53.4 Å². The molecular weight excluding hydrogens is 306 g/mol. The fourth-order valence-electron chi connectivity index (χ4n) is 2.21. The second-order valence-corrected chi connectivity index (χ2v) is 7.68. The molecule has 0 radical (unpaired) electrons. The topological polar surface area (TPSA) is 66.4 Å². The summed E-state index contributed by atoms with van der Waals surface area (Å²) in [5, 5.41) is 10.9. The molecule has 0 bridgehead atoms. The van der Waals surface area contributed by atoms with Gasteiger partial charge in [0.25, 0.3) is 0 Å². The number of sulfonamides is 1. The van der Waals surface area contributed by atoms with Crippen LogP contribution in [0, 0.1) is 0 Å². The lowest BCUT2D eigenvalue weighted by Gasteiger charge is -2.16. The van der Waals surface area contributed by atoms with Crippen LogP contribution in [0.5, 0.6) is 0 Å². The van der Waals surface area contributed by atoms with E-state index in [9.17, 15) is 13.5 Å². The van der Waals surface area contributed by atoms with Gasteiger partial charge in [0.15, 0.2) is 0 Å². The third kappa shape index (κ3) is 4.64. The first-order valence-electron chi connectivity index (χ1n) is 6.82. The van der Waals surface area contributed by atoms with E-state index < -0.39 is 10.0 Å². The average molecular weight is 325 g/mol. The molecule has 0 aliphatic carbocycles. The van der Waals surface area contributed by atoms with Gasteiger partial charge in [-0.1, -0.05) is 36.4 Å². The Morgan fingerprint density at radius 2 is 1.86 bits per heavy atom. The molecule has 0 aliphatic rings. The van der Waals surface area contributed by atoms with Gasteiger partial charge in [-0.3, -0.25) is 0 Å².